The van der Waals surface area contributed by atoms with E-state index >= 15 is 0 Å². The molecule has 20 heavy (non-hydrogen) atoms. The first-order valence-electron chi connectivity index (χ1n) is 6.31. The Morgan fingerprint density at radius 3 is 2.75 bits per heavy atom. The lowest BCUT2D eigenvalue weighted by Gasteiger charge is -2.24. The van der Waals surface area contributed by atoms with E-state index in [-0.39, 0.29) is 16.7 Å². The van der Waals surface area contributed by atoms with E-state index in [9.17, 15) is 4.79 Å². The molecule has 0 amide bonds. The number of hydrogen-bond acceptors (Lipinski definition) is 4. The third-order valence-electron chi connectivity index (χ3n) is 3.21. The van der Waals surface area contributed by atoms with E-state index in [0.29, 0.717) is 0 Å². The second-order valence-corrected chi connectivity index (χ2v) is 6.27. The molecule has 0 spiro atoms. The van der Waals surface area contributed by atoms with Gasteiger partial charge in [0.25, 0.3) is 0 Å². The molecule has 0 atom stereocenters. The van der Waals surface area contributed by atoms with Crippen molar-refractivity contribution < 1.29 is 9.90 Å². The van der Waals surface area contributed by atoms with Gasteiger partial charge in [-0.15, -0.1) is 11.3 Å². The summed E-state index contributed by atoms with van der Waals surface area (Å²) in [6.45, 7) is 5.03. The zero-order chi connectivity index (χ0) is 14.8. The number of carboxylic acid groups (broad SMARTS) is 1. The number of rotatable bonds is 5. The van der Waals surface area contributed by atoms with Crippen molar-refractivity contribution in [2.24, 2.45) is 0 Å². The van der Waals surface area contributed by atoms with E-state index in [2.05, 4.69) is 30.6 Å². The predicted molar refractivity (Wildman–Crippen MR) is 83.6 cm³/mol. The van der Waals surface area contributed by atoms with Crippen LogP contribution in [0.3, 0.4) is 0 Å². The minimum atomic E-state index is -1.01. The zero-order valence-electron chi connectivity index (χ0n) is 11.5. The van der Waals surface area contributed by atoms with Crippen LogP contribution in [-0.4, -0.2) is 17.6 Å². The van der Waals surface area contributed by atoms with Gasteiger partial charge < -0.3 is 16.2 Å². The van der Waals surface area contributed by atoms with E-state index < -0.39 is 5.97 Å². The summed E-state index contributed by atoms with van der Waals surface area (Å²) in [6, 6.07) is 9.13. The van der Waals surface area contributed by atoms with Crippen molar-refractivity contribution in [2.75, 3.05) is 17.6 Å². The first kappa shape index (κ1) is 14.4. The van der Waals surface area contributed by atoms with Crippen LogP contribution in [0.15, 0.2) is 35.7 Å². The summed E-state index contributed by atoms with van der Waals surface area (Å²) in [4.78, 5) is 12.3. The van der Waals surface area contributed by atoms with Gasteiger partial charge in [0.05, 0.1) is 5.56 Å². The quantitative estimate of drug-likeness (QED) is 0.738. The SMILES string of the molecule is CC(C)(CNc1ccc(N)c(C(=O)O)c1)c1cccs1. The van der Waals surface area contributed by atoms with Gasteiger partial charge in [-0.2, -0.15) is 0 Å². The van der Waals surface area contributed by atoms with Crippen molar-refractivity contribution in [3.63, 3.8) is 0 Å². The molecule has 5 heteroatoms. The van der Waals surface area contributed by atoms with Crippen molar-refractivity contribution in [3.05, 3.63) is 46.2 Å². The molecule has 4 N–H and O–H groups in total. The molecule has 2 rings (SSSR count). The van der Waals surface area contributed by atoms with Gasteiger partial charge in [0.1, 0.15) is 0 Å². The molecule has 0 aliphatic heterocycles. The maximum Gasteiger partial charge on any atom is 0.337 e. The van der Waals surface area contributed by atoms with Crippen molar-refractivity contribution in [1.82, 2.24) is 0 Å². The lowest BCUT2D eigenvalue weighted by atomic mass is 9.91. The van der Waals surface area contributed by atoms with Crippen LogP contribution in [-0.2, 0) is 5.41 Å². The second-order valence-electron chi connectivity index (χ2n) is 5.32. The predicted octanol–water partition coefficient (Wildman–Crippen LogP) is 3.42. The molecule has 2 aromatic rings. The van der Waals surface area contributed by atoms with Gasteiger partial charge in [0.15, 0.2) is 0 Å². The molecule has 1 aromatic heterocycles. The fraction of sp³-hybridized carbons (Fsp3) is 0.267. The van der Waals surface area contributed by atoms with Crippen LogP contribution in [0.4, 0.5) is 11.4 Å². The summed E-state index contributed by atoms with van der Waals surface area (Å²) in [6.07, 6.45) is 0. The first-order chi connectivity index (χ1) is 9.40. The molecule has 106 valence electrons. The molecule has 1 heterocycles. The number of benzene rings is 1. The van der Waals surface area contributed by atoms with Crippen LogP contribution in [0, 0.1) is 0 Å². The van der Waals surface area contributed by atoms with Crippen LogP contribution < -0.4 is 11.1 Å². The molecule has 1 aromatic carbocycles. The number of aromatic carboxylic acids is 1. The summed E-state index contributed by atoms with van der Waals surface area (Å²) < 4.78 is 0. The fourth-order valence-electron chi connectivity index (χ4n) is 1.93. The molecule has 0 saturated carbocycles. The minimum Gasteiger partial charge on any atom is -0.478 e. The van der Waals surface area contributed by atoms with Crippen LogP contribution in [0.2, 0.25) is 0 Å². The van der Waals surface area contributed by atoms with Crippen LogP contribution >= 0.6 is 11.3 Å². The van der Waals surface area contributed by atoms with E-state index in [1.807, 2.05) is 6.07 Å². The van der Waals surface area contributed by atoms with Crippen molar-refractivity contribution in [2.45, 2.75) is 19.3 Å². The maximum absolute atomic E-state index is 11.1. The highest BCUT2D eigenvalue weighted by molar-refractivity contribution is 7.10. The highest BCUT2D eigenvalue weighted by Crippen LogP contribution is 2.28. The standard InChI is InChI=1S/C15H18N2O2S/c1-15(2,13-4-3-7-20-13)9-17-10-5-6-12(16)11(8-10)14(18)19/h3-8,17H,9,16H2,1-2H3,(H,18,19). The molecule has 4 nitrogen and oxygen atoms in total. The highest BCUT2D eigenvalue weighted by atomic mass is 32.1. The summed E-state index contributed by atoms with van der Waals surface area (Å²) >= 11 is 1.72. The molecule has 0 radical (unpaired) electrons. The third-order valence-corrected chi connectivity index (χ3v) is 4.44. The Hall–Kier alpha value is -2.01. The Bertz CT molecular complexity index is 606. The lowest BCUT2D eigenvalue weighted by molar-refractivity contribution is 0.0698. The van der Waals surface area contributed by atoms with Crippen molar-refractivity contribution >= 4 is 28.7 Å². The summed E-state index contributed by atoms with van der Waals surface area (Å²) in [5, 5.41) is 14.4. The van der Waals surface area contributed by atoms with Gasteiger partial charge in [0, 0.05) is 28.2 Å². The number of carboxylic acids is 1. The number of nitrogens with two attached hydrogens (primary N) is 1. The van der Waals surface area contributed by atoms with Crippen LogP contribution in [0.1, 0.15) is 29.1 Å². The van der Waals surface area contributed by atoms with E-state index in [0.717, 1.165) is 12.2 Å². The summed E-state index contributed by atoms with van der Waals surface area (Å²) in [5.74, 6) is -1.01. The van der Waals surface area contributed by atoms with Crippen LogP contribution in [0.5, 0.6) is 0 Å². The molecule has 0 bridgehead atoms. The molecule has 0 aliphatic rings. The molecular formula is C15H18N2O2S. The number of thiophene rings is 1. The normalized spacial score (nSPS) is 11.3. The Balaban J connectivity index is 2.11. The maximum atomic E-state index is 11.1. The first-order valence-corrected chi connectivity index (χ1v) is 7.19. The molecule has 0 saturated heterocycles. The summed E-state index contributed by atoms with van der Waals surface area (Å²) in [5.41, 5.74) is 6.80. The fourth-order valence-corrected chi connectivity index (χ4v) is 2.78. The highest BCUT2D eigenvalue weighted by Gasteiger charge is 2.21. The van der Waals surface area contributed by atoms with E-state index in [4.69, 9.17) is 10.8 Å². The number of anilines is 2. The lowest BCUT2D eigenvalue weighted by Crippen LogP contribution is -2.26. The molecular weight excluding hydrogens is 272 g/mol. The number of hydrogen-bond donors (Lipinski definition) is 3. The third kappa shape index (κ3) is 3.11. The van der Waals surface area contributed by atoms with Gasteiger partial charge in [-0.1, -0.05) is 19.9 Å². The Morgan fingerprint density at radius 2 is 2.15 bits per heavy atom. The van der Waals surface area contributed by atoms with Gasteiger partial charge in [-0.05, 0) is 29.6 Å². The smallest absolute Gasteiger partial charge is 0.337 e. The van der Waals surface area contributed by atoms with Gasteiger partial charge >= 0.3 is 5.97 Å². The van der Waals surface area contributed by atoms with E-state index in [1.54, 1.807) is 29.5 Å². The minimum absolute atomic E-state index is 0.0149. The average Bonchev–Trinajstić information content (AvgIpc) is 2.92. The van der Waals surface area contributed by atoms with E-state index in [1.165, 1.54) is 4.88 Å². The number of carbonyl (C=O) groups is 1. The largest absolute Gasteiger partial charge is 0.478 e. The van der Waals surface area contributed by atoms with Crippen molar-refractivity contribution in [1.29, 1.82) is 0 Å². The van der Waals surface area contributed by atoms with Crippen molar-refractivity contribution in [3.8, 4) is 0 Å². The molecule has 0 fully saturated rings. The molecule has 0 unspecified atom stereocenters. The Morgan fingerprint density at radius 1 is 1.40 bits per heavy atom. The monoisotopic (exact) mass is 290 g/mol. The van der Waals surface area contributed by atoms with Gasteiger partial charge in [-0.3, -0.25) is 0 Å². The van der Waals surface area contributed by atoms with Gasteiger partial charge in [0.2, 0.25) is 0 Å². The second kappa shape index (κ2) is 5.54. The number of nitrogen functional groups attached to an aromatic ring is 1. The van der Waals surface area contributed by atoms with Gasteiger partial charge in [-0.25, -0.2) is 4.79 Å². The Labute approximate surface area is 122 Å². The van der Waals surface area contributed by atoms with Crippen LogP contribution in [0.25, 0.3) is 0 Å². The Kier molecular flexibility index (Phi) is 3.99. The average molecular weight is 290 g/mol. The molecule has 0 aliphatic carbocycles. The summed E-state index contributed by atoms with van der Waals surface area (Å²) in [7, 11) is 0. The topological polar surface area (TPSA) is 75.3 Å². The number of nitrogens with one attached hydrogen (secondary N) is 1. The zero-order valence-corrected chi connectivity index (χ0v) is 12.3.